The Kier molecular flexibility index (Phi) is 3.38. The summed E-state index contributed by atoms with van der Waals surface area (Å²) >= 11 is 5.17. The number of hydrogen-bond donors (Lipinski definition) is 0. The number of rotatable bonds is 2. The summed E-state index contributed by atoms with van der Waals surface area (Å²) in [6, 6.07) is 6.34. The quantitative estimate of drug-likeness (QED) is 0.505. The van der Waals surface area contributed by atoms with Crippen LogP contribution >= 0.6 is 12.2 Å². The third-order valence-corrected chi connectivity index (χ3v) is 2.15. The molecule has 0 saturated heterocycles. The molecule has 0 amide bonds. The van der Waals surface area contributed by atoms with Crippen molar-refractivity contribution in [3.63, 3.8) is 0 Å². The molecule has 0 aromatic heterocycles. The average Bonchev–Trinajstić information content (AvgIpc) is 2.04. The first-order valence-electron chi connectivity index (χ1n) is 4.39. The number of thiocarbonyl (C=S) groups is 1. The minimum absolute atomic E-state index is 0.952. The fraction of sp³-hybridized carbons (Fsp3) is 0.250. The highest BCUT2D eigenvalue weighted by Gasteiger charge is 2.00. The van der Waals surface area contributed by atoms with E-state index in [2.05, 4.69) is 31.2 Å². The zero-order valence-electron chi connectivity index (χ0n) is 8.29. The van der Waals surface area contributed by atoms with Gasteiger partial charge in [0.25, 0.3) is 0 Å². The molecule has 0 bridgehead atoms. The molecule has 68 valence electrons. The molecule has 1 rings (SSSR count). The Labute approximate surface area is 85.3 Å². The summed E-state index contributed by atoms with van der Waals surface area (Å²) in [7, 11) is 0. The molecule has 0 fully saturated rings. The van der Waals surface area contributed by atoms with Crippen molar-refractivity contribution < 1.29 is 0 Å². The topological polar surface area (TPSA) is 0 Å². The van der Waals surface area contributed by atoms with Crippen LogP contribution in [0.2, 0.25) is 0 Å². The van der Waals surface area contributed by atoms with E-state index in [9.17, 15) is 0 Å². The normalized spacial score (nSPS) is 10.7. The van der Waals surface area contributed by atoms with E-state index in [-0.39, 0.29) is 0 Å². The lowest BCUT2D eigenvalue weighted by Gasteiger charge is -2.04. The molecule has 0 atom stereocenters. The summed E-state index contributed by atoms with van der Waals surface area (Å²) < 4.78 is 0. The highest BCUT2D eigenvalue weighted by atomic mass is 32.1. The summed E-state index contributed by atoms with van der Waals surface area (Å²) in [6.07, 6.45) is 4.13. The maximum absolute atomic E-state index is 5.17. The lowest BCUT2D eigenvalue weighted by molar-refractivity contribution is 1.44. The van der Waals surface area contributed by atoms with E-state index < -0.39 is 0 Å². The van der Waals surface area contributed by atoms with E-state index in [4.69, 9.17) is 12.2 Å². The van der Waals surface area contributed by atoms with Gasteiger partial charge in [0.1, 0.15) is 0 Å². The Morgan fingerprint density at radius 2 is 2.08 bits per heavy atom. The smallest absolute Gasteiger partial charge is 0.0199 e. The Balaban J connectivity index is 3.26. The lowest BCUT2D eigenvalue weighted by Crippen LogP contribution is -1.94. The van der Waals surface area contributed by atoms with Crippen molar-refractivity contribution in [3.8, 4) is 0 Å². The van der Waals surface area contributed by atoms with Crippen LogP contribution in [0, 0.1) is 6.92 Å². The Bertz CT molecular complexity index is 348. The minimum Gasteiger partial charge on any atom is -0.0870 e. The van der Waals surface area contributed by atoms with Crippen molar-refractivity contribution in [1.29, 1.82) is 0 Å². The Hall–Kier alpha value is -0.950. The molecule has 0 spiro atoms. The standard InChI is InChI=1S/C12H14S/c1-4-5-11-8-9(2)6-7-12(11)10(3)13/h4-8H,1-3H3/b5-4-. The molecule has 1 aromatic carbocycles. The molecule has 1 heteroatoms. The van der Waals surface area contributed by atoms with Gasteiger partial charge in [0.15, 0.2) is 0 Å². The van der Waals surface area contributed by atoms with Gasteiger partial charge in [0.05, 0.1) is 0 Å². The van der Waals surface area contributed by atoms with Gasteiger partial charge in [-0.05, 0) is 31.9 Å². The zero-order chi connectivity index (χ0) is 9.84. The molecule has 0 unspecified atom stereocenters. The van der Waals surface area contributed by atoms with Crippen LogP contribution in [-0.4, -0.2) is 4.86 Å². The van der Waals surface area contributed by atoms with Gasteiger partial charge in [-0.2, -0.15) is 0 Å². The van der Waals surface area contributed by atoms with Crippen LogP contribution in [-0.2, 0) is 0 Å². The summed E-state index contributed by atoms with van der Waals surface area (Å²) in [6.45, 7) is 6.08. The van der Waals surface area contributed by atoms with Crippen molar-refractivity contribution in [2.24, 2.45) is 0 Å². The molecule has 0 aliphatic rings. The van der Waals surface area contributed by atoms with E-state index in [1.807, 2.05) is 19.9 Å². The summed E-state index contributed by atoms with van der Waals surface area (Å²) in [5.74, 6) is 0. The van der Waals surface area contributed by atoms with E-state index in [0.717, 1.165) is 4.86 Å². The highest BCUT2D eigenvalue weighted by molar-refractivity contribution is 7.80. The molecular formula is C12H14S. The van der Waals surface area contributed by atoms with Gasteiger partial charge in [-0.15, -0.1) is 0 Å². The van der Waals surface area contributed by atoms with Crippen LogP contribution in [0.3, 0.4) is 0 Å². The van der Waals surface area contributed by atoms with Gasteiger partial charge in [-0.1, -0.05) is 48.1 Å². The van der Waals surface area contributed by atoms with Crippen LogP contribution in [0.15, 0.2) is 24.3 Å². The van der Waals surface area contributed by atoms with Gasteiger partial charge in [0, 0.05) is 4.86 Å². The molecule has 0 heterocycles. The first-order valence-corrected chi connectivity index (χ1v) is 4.80. The van der Waals surface area contributed by atoms with Gasteiger partial charge in [-0.25, -0.2) is 0 Å². The second-order valence-corrected chi connectivity index (χ2v) is 3.76. The highest BCUT2D eigenvalue weighted by Crippen LogP contribution is 2.14. The minimum atomic E-state index is 0.952. The molecule has 1 aromatic rings. The zero-order valence-corrected chi connectivity index (χ0v) is 9.11. The van der Waals surface area contributed by atoms with Crippen molar-refractivity contribution in [2.45, 2.75) is 20.8 Å². The van der Waals surface area contributed by atoms with E-state index in [1.165, 1.54) is 16.7 Å². The van der Waals surface area contributed by atoms with Gasteiger partial charge >= 0.3 is 0 Å². The molecule has 0 saturated carbocycles. The summed E-state index contributed by atoms with van der Waals surface area (Å²) in [5.41, 5.74) is 3.65. The monoisotopic (exact) mass is 190 g/mol. The molecule has 0 aliphatic carbocycles. The number of hydrogen-bond acceptors (Lipinski definition) is 1. The van der Waals surface area contributed by atoms with Crippen molar-refractivity contribution in [2.75, 3.05) is 0 Å². The molecule has 0 radical (unpaired) electrons. The van der Waals surface area contributed by atoms with E-state index >= 15 is 0 Å². The van der Waals surface area contributed by atoms with Crippen LogP contribution in [0.4, 0.5) is 0 Å². The fourth-order valence-corrected chi connectivity index (χ4v) is 1.51. The van der Waals surface area contributed by atoms with Crippen molar-refractivity contribution in [3.05, 3.63) is 41.0 Å². The SMILES string of the molecule is C/C=C\c1cc(C)ccc1C(C)=S. The second-order valence-electron chi connectivity index (χ2n) is 3.15. The van der Waals surface area contributed by atoms with Gasteiger partial charge < -0.3 is 0 Å². The van der Waals surface area contributed by atoms with Gasteiger partial charge in [-0.3, -0.25) is 0 Å². The van der Waals surface area contributed by atoms with Gasteiger partial charge in [0.2, 0.25) is 0 Å². The van der Waals surface area contributed by atoms with Crippen molar-refractivity contribution >= 4 is 23.2 Å². The summed E-state index contributed by atoms with van der Waals surface area (Å²) in [4.78, 5) is 0.952. The predicted molar refractivity (Wildman–Crippen MR) is 63.3 cm³/mol. The van der Waals surface area contributed by atoms with Crippen molar-refractivity contribution in [1.82, 2.24) is 0 Å². The first-order chi connectivity index (χ1) is 6.15. The predicted octanol–water partition coefficient (Wildman–Crippen LogP) is 3.77. The van der Waals surface area contributed by atoms with Crippen LogP contribution in [0.25, 0.3) is 6.08 Å². The number of allylic oxidation sites excluding steroid dienone is 1. The Morgan fingerprint density at radius 3 is 2.62 bits per heavy atom. The maximum Gasteiger partial charge on any atom is 0.0199 e. The number of aryl methyl sites for hydroxylation is 1. The number of benzene rings is 1. The Morgan fingerprint density at radius 1 is 1.38 bits per heavy atom. The first kappa shape index (κ1) is 10.1. The van der Waals surface area contributed by atoms with E-state index in [1.54, 1.807) is 0 Å². The lowest BCUT2D eigenvalue weighted by atomic mass is 10.0. The second kappa shape index (κ2) is 4.33. The van der Waals surface area contributed by atoms with Crippen LogP contribution in [0.5, 0.6) is 0 Å². The molecule has 0 nitrogen and oxygen atoms in total. The van der Waals surface area contributed by atoms with Crippen LogP contribution < -0.4 is 0 Å². The molecule has 0 N–H and O–H groups in total. The molecule has 0 aliphatic heterocycles. The summed E-state index contributed by atoms with van der Waals surface area (Å²) in [5, 5.41) is 0. The molecule has 13 heavy (non-hydrogen) atoms. The largest absolute Gasteiger partial charge is 0.0870 e. The third kappa shape index (κ3) is 2.49. The maximum atomic E-state index is 5.17. The fourth-order valence-electron chi connectivity index (χ4n) is 1.32. The van der Waals surface area contributed by atoms with E-state index in [0.29, 0.717) is 0 Å². The van der Waals surface area contributed by atoms with Crippen LogP contribution in [0.1, 0.15) is 30.5 Å². The average molecular weight is 190 g/mol. The molecular weight excluding hydrogens is 176 g/mol. The third-order valence-electron chi connectivity index (χ3n) is 1.93.